The Hall–Kier alpha value is -0.950. The minimum Gasteiger partial charge on any atom is -0.369 e. The Bertz CT molecular complexity index is 419. The lowest BCUT2D eigenvalue weighted by Gasteiger charge is -2.36. The fourth-order valence-electron chi connectivity index (χ4n) is 2.11. The largest absolute Gasteiger partial charge is 0.369 e. The van der Waals surface area contributed by atoms with Crippen LogP contribution in [-0.4, -0.2) is 43.0 Å². The Balaban J connectivity index is 1.87. The molecule has 1 unspecified atom stereocenters. The van der Waals surface area contributed by atoms with Crippen molar-refractivity contribution >= 4 is 28.9 Å². The Kier molecular flexibility index (Phi) is 4.71. The van der Waals surface area contributed by atoms with Crippen LogP contribution in [0.5, 0.6) is 0 Å². The van der Waals surface area contributed by atoms with Crippen LogP contribution in [0.3, 0.4) is 0 Å². The first-order valence-corrected chi connectivity index (χ1v) is 6.77. The molecule has 0 radical (unpaired) electrons. The Morgan fingerprint density at radius 2 is 1.78 bits per heavy atom. The Morgan fingerprint density at radius 3 is 2.33 bits per heavy atom. The summed E-state index contributed by atoms with van der Waals surface area (Å²) in [5.41, 5.74) is 1.20. The van der Waals surface area contributed by atoms with Crippen LogP contribution < -0.4 is 4.90 Å². The molecule has 0 spiro atoms. The average Bonchev–Trinajstić information content (AvgIpc) is 2.40. The number of anilines is 1. The molecular weight excluding hydrogens is 269 g/mol. The van der Waals surface area contributed by atoms with Gasteiger partial charge in [-0.25, -0.2) is 0 Å². The SMILES string of the molecule is N#CC(Cl)CN1CCN(c2ccc(Cl)cc2)CC1. The Labute approximate surface area is 117 Å². The standard InChI is InChI=1S/C13H15Cl2N3/c14-11-1-3-13(4-2-11)18-7-5-17(6-8-18)10-12(15)9-16/h1-4,12H,5-8,10H2. The molecule has 1 fully saturated rings. The molecule has 0 aliphatic carbocycles. The van der Waals surface area contributed by atoms with E-state index in [1.807, 2.05) is 24.3 Å². The molecule has 1 aliphatic heterocycles. The highest BCUT2D eigenvalue weighted by molar-refractivity contribution is 6.30. The molecule has 18 heavy (non-hydrogen) atoms. The molecule has 1 saturated heterocycles. The monoisotopic (exact) mass is 283 g/mol. The van der Waals surface area contributed by atoms with Crippen molar-refractivity contribution in [3.05, 3.63) is 29.3 Å². The quantitative estimate of drug-likeness (QED) is 0.799. The van der Waals surface area contributed by atoms with Crippen LogP contribution in [0.4, 0.5) is 5.69 Å². The van der Waals surface area contributed by atoms with E-state index in [2.05, 4.69) is 15.9 Å². The molecule has 1 aromatic rings. The molecule has 0 amide bonds. The van der Waals surface area contributed by atoms with Gasteiger partial charge < -0.3 is 4.90 Å². The third-order valence-electron chi connectivity index (χ3n) is 3.12. The topological polar surface area (TPSA) is 30.3 Å². The first-order valence-electron chi connectivity index (χ1n) is 5.95. The van der Waals surface area contributed by atoms with Crippen molar-refractivity contribution in [2.45, 2.75) is 5.38 Å². The summed E-state index contributed by atoms with van der Waals surface area (Å²) < 4.78 is 0. The lowest BCUT2D eigenvalue weighted by molar-refractivity contribution is 0.265. The second-order valence-electron chi connectivity index (χ2n) is 4.36. The van der Waals surface area contributed by atoms with Crippen LogP contribution in [0.2, 0.25) is 5.02 Å². The average molecular weight is 284 g/mol. The summed E-state index contributed by atoms with van der Waals surface area (Å²) in [6, 6.07) is 9.96. The molecule has 96 valence electrons. The van der Waals surface area contributed by atoms with E-state index < -0.39 is 5.38 Å². The summed E-state index contributed by atoms with van der Waals surface area (Å²) in [7, 11) is 0. The number of nitrogens with zero attached hydrogens (tertiary/aromatic N) is 3. The van der Waals surface area contributed by atoms with E-state index in [0.29, 0.717) is 6.54 Å². The smallest absolute Gasteiger partial charge is 0.133 e. The van der Waals surface area contributed by atoms with Gasteiger partial charge in [0.05, 0.1) is 6.07 Å². The van der Waals surface area contributed by atoms with Crippen LogP contribution in [0.25, 0.3) is 0 Å². The molecule has 0 N–H and O–H groups in total. The number of benzene rings is 1. The van der Waals surface area contributed by atoms with E-state index >= 15 is 0 Å². The molecular formula is C13H15Cl2N3. The second-order valence-corrected chi connectivity index (χ2v) is 5.32. The number of piperazine rings is 1. The van der Waals surface area contributed by atoms with Crippen molar-refractivity contribution in [1.82, 2.24) is 4.90 Å². The summed E-state index contributed by atoms with van der Waals surface area (Å²) in [6.45, 7) is 4.43. The molecule has 1 heterocycles. The van der Waals surface area contributed by atoms with Crippen molar-refractivity contribution in [2.75, 3.05) is 37.6 Å². The van der Waals surface area contributed by atoms with Gasteiger partial charge in [-0.2, -0.15) is 5.26 Å². The van der Waals surface area contributed by atoms with Crippen LogP contribution in [-0.2, 0) is 0 Å². The number of rotatable bonds is 3. The normalized spacial score (nSPS) is 18.4. The van der Waals surface area contributed by atoms with E-state index in [4.69, 9.17) is 28.5 Å². The summed E-state index contributed by atoms with van der Waals surface area (Å²) in [5, 5.41) is 9.04. The van der Waals surface area contributed by atoms with Crippen molar-refractivity contribution in [3.8, 4) is 6.07 Å². The van der Waals surface area contributed by atoms with Crippen molar-refractivity contribution in [1.29, 1.82) is 5.26 Å². The lowest BCUT2D eigenvalue weighted by Crippen LogP contribution is -2.47. The zero-order valence-corrected chi connectivity index (χ0v) is 11.5. The van der Waals surface area contributed by atoms with Gasteiger partial charge in [-0.05, 0) is 24.3 Å². The summed E-state index contributed by atoms with van der Waals surface area (Å²) in [4.78, 5) is 4.55. The molecule has 2 rings (SSSR count). The number of nitriles is 1. The van der Waals surface area contributed by atoms with E-state index in [0.717, 1.165) is 31.2 Å². The highest BCUT2D eigenvalue weighted by Gasteiger charge is 2.19. The highest BCUT2D eigenvalue weighted by Crippen LogP contribution is 2.19. The maximum absolute atomic E-state index is 8.69. The number of hydrogen-bond acceptors (Lipinski definition) is 3. The van der Waals surface area contributed by atoms with Gasteiger partial charge in [-0.15, -0.1) is 11.6 Å². The van der Waals surface area contributed by atoms with E-state index in [1.165, 1.54) is 5.69 Å². The van der Waals surface area contributed by atoms with Gasteiger partial charge in [-0.3, -0.25) is 4.90 Å². The minimum absolute atomic E-state index is 0.410. The fourth-order valence-corrected chi connectivity index (χ4v) is 2.43. The first kappa shape index (κ1) is 13.5. The van der Waals surface area contributed by atoms with E-state index in [9.17, 15) is 0 Å². The second kappa shape index (κ2) is 6.29. The molecule has 1 atom stereocenters. The Morgan fingerprint density at radius 1 is 1.17 bits per heavy atom. The third kappa shape index (κ3) is 3.52. The van der Waals surface area contributed by atoms with Gasteiger partial charge in [0.25, 0.3) is 0 Å². The zero-order chi connectivity index (χ0) is 13.0. The molecule has 5 heteroatoms. The van der Waals surface area contributed by atoms with Crippen LogP contribution in [0.15, 0.2) is 24.3 Å². The summed E-state index contributed by atoms with van der Waals surface area (Å²) in [6.07, 6.45) is 0. The van der Waals surface area contributed by atoms with Crippen molar-refractivity contribution in [2.24, 2.45) is 0 Å². The van der Waals surface area contributed by atoms with Crippen LogP contribution >= 0.6 is 23.2 Å². The van der Waals surface area contributed by atoms with Gasteiger partial charge in [0.2, 0.25) is 0 Å². The lowest BCUT2D eigenvalue weighted by atomic mass is 10.2. The molecule has 3 nitrogen and oxygen atoms in total. The van der Waals surface area contributed by atoms with Crippen molar-refractivity contribution in [3.63, 3.8) is 0 Å². The van der Waals surface area contributed by atoms with Crippen molar-refractivity contribution < 1.29 is 0 Å². The molecule has 0 saturated carbocycles. The predicted molar refractivity (Wildman–Crippen MR) is 75.4 cm³/mol. The number of halogens is 2. The highest BCUT2D eigenvalue weighted by atomic mass is 35.5. The van der Waals surface area contributed by atoms with Gasteiger partial charge in [-0.1, -0.05) is 11.6 Å². The van der Waals surface area contributed by atoms with E-state index in [-0.39, 0.29) is 0 Å². The van der Waals surface area contributed by atoms with Gasteiger partial charge in [0.15, 0.2) is 0 Å². The number of alkyl halides is 1. The number of hydrogen-bond donors (Lipinski definition) is 0. The van der Waals surface area contributed by atoms with Gasteiger partial charge in [0.1, 0.15) is 5.38 Å². The van der Waals surface area contributed by atoms with Gasteiger partial charge in [0, 0.05) is 43.4 Å². The zero-order valence-electron chi connectivity index (χ0n) is 10.0. The van der Waals surface area contributed by atoms with Crippen LogP contribution in [0.1, 0.15) is 0 Å². The van der Waals surface area contributed by atoms with Crippen LogP contribution in [0, 0.1) is 11.3 Å². The summed E-state index contributed by atoms with van der Waals surface area (Å²) >= 11 is 11.7. The minimum atomic E-state index is -0.410. The van der Waals surface area contributed by atoms with E-state index in [1.54, 1.807) is 0 Å². The fraction of sp³-hybridized carbons (Fsp3) is 0.462. The third-order valence-corrected chi connectivity index (χ3v) is 3.61. The molecule has 1 aromatic carbocycles. The molecule has 0 bridgehead atoms. The molecule has 0 aromatic heterocycles. The first-order chi connectivity index (χ1) is 8.69. The maximum atomic E-state index is 8.69. The maximum Gasteiger partial charge on any atom is 0.133 e. The van der Waals surface area contributed by atoms with Gasteiger partial charge >= 0.3 is 0 Å². The summed E-state index contributed by atoms with van der Waals surface area (Å²) in [5.74, 6) is 0. The molecule has 1 aliphatic rings. The predicted octanol–water partition coefficient (Wildman–Crippen LogP) is 2.59.